The molecule has 2 rings (SSSR count). The number of hydrogen-bond donors (Lipinski definition) is 1. The van der Waals surface area contributed by atoms with E-state index in [1.54, 1.807) is 6.08 Å². The molecule has 1 saturated heterocycles. The third kappa shape index (κ3) is 2.28. The zero-order chi connectivity index (χ0) is 11.6. The highest BCUT2D eigenvalue weighted by atomic mass is 16.6. The van der Waals surface area contributed by atoms with E-state index in [1.807, 2.05) is 6.92 Å². The molecule has 1 aliphatic carbocycles. The van der Waals surface area contributed by atoms with Crippen molar-refractivity contribution in [2.75, 3.05) is 0 Å². The molecule has 1 saturated carbocycles. The van der Waals surface area contributed by atoms with Gasteiger partial charge in [-0.2, -0.15) is 5.26 Å². The summed E-state index contributed by atoms with van der Waals surface area (Å²) in [5.41, 5.74) is 1.20. The van der Waals surface area contributed by atoms with E-state index in [0.29, 0.717) is 0 Å². The van der Waals surface area contributed by atoms with E-state index < -0.39 is 0 Å². The molecule has 3 nitrogen and oxygen atoms in total. The van der Waals surface area contributed by atoms with E-state index >= 15 is 0 Å². The lowest BCUT2D eigenvalue weighted by atomic mass is 9.82. The topological polar surface area (TPSA) is 56.5 Å². The van der Waals surface area contributed by atoms with Gasteiger partial charge in [0.25, 0.3) is 0 Å². The molecule has 2 aliphatic rings. The fraction of sp³-hybridized carbons (Fsp3) is 0.769. The molecular formula is C13H19NO2. The van der Waals surface area contributed by atoms with Gasteiger partial charge in [-0.25, -0.2) is 0 Å². The van der Waals surface area contributed by atoms with Crippen molar-refractivity contribution in [2.45, 2.75) is 63.3 Å². The Morgan fingerprint density at radius 3 is 3.25 bits per heavy atom. The van der Waals surface area contributed by atoms with Crippen molar-refractivity contribution in [3.8, 4) is 6.07 Å². The van der Waals surface area contributed by atoms with Gasteiger partial charge in [-0.05, 0) is 51.0 Å². The Labute approximate surface area is 96.7 Å². The molecule has 2 fully saturated rings. The van der Waals surface area contributed by atoms with Crippen LogP contribution in [0.25, 0.3) is 0 Å². The molecular weight excluding hydrogens is 202 g/mol. The molecule has 16 heavy (non-hydrogen) atoms. The predicted molar refractivity (Wildman–Crippen MR) is 60.7 cm³/mol. The number of aliphatic hydroxyl groups is 1. The first kappa shape index (κ1) is 11.6. The minimum Gasteiger partial charge on any atom is -0.393 e. The second-order valence-corrected chi connectivity index (χ2v) is 5.01. The zero-order valence-electron chi connectivity index (χ0n) is 9.78. The first-order valence-electron chi connectivity index (χ1n) is 6.12. The van der Waals surface area contributed by atoms with Crippen LogP contribution in [0.1, 0.15) is 45.4 Å². The minimum absolute atomic E-state index is 0.0236. The Kier molecular flexibility index (Phi) is 3.32. The molecule has 3 heteroatoms. The number of aliphatic hydroxyl groups excluding tert-OH is 1. The summed E-state index contributed by atoms with van der Waals surface area (Å²) in [6, 6.07) is 2.10. The number of rotatable bonds is 4. The van der Waals surface area contributed by atoms with Crippen molar-refractivity contribution < 1.29 is 9.84 Å². The molecule has 0 aromatic rings. The maximum atomic E-state index is 9.22. The third-order valence-electron chi connectivity index (χ3n) is 3.65. The van der Waals surface area contributed by atoms with Crippen molar-refractivity contribution >= 4 is 0 Å². The molecule has 0 radical (unpaired) electrons. The average Bonchev–Trinajstić information content (AvgIpc) is 2.93. The SMILES string of the molecule is CC(O)CCCC12CCC/C(=C\C#N)C1O2. The van der Waals surface area contributed by atoms with Crippen LogP contribution in [0.4, 0.5) is 0 Å². The van der Waals surface area contributed by atoms with Gasteiger partial charge in [0, 0.05) is 6.08 Å². The summed E-state index contributed by atoms with van der Waals surface area (Å²) in [4.78, 5) is 0. The maximum Gasteiger partial charge on any atom is 0.109 e. The Hall–Kier alpha value is -0.850. The van der Waals surface area contributed by atoms with Gasteiger partial charge in [0.15, 0.2) is 0 Å². The van der Waals surface area contributed by atoms with E-state index in [-0.39, 0.29) is 17.8 Å². The van der Waals surface area contributed by atoms with Crippen molar-refractivity contribution in [1.29, 1.82) is 5.26 Å². The van der Waals surface area contributed by atoms with Crippen LogP contribution in [0.15, 0.2) is 11.6 Å². The van der Waals surface area contributed by atoms with Gasteiger partial charge >= 0.3 is 0 Å². The lowest BCUT2D eigenvalue weighted by molar-refractivity contribution is 0.172. The number of ether oxygens (including phenoxy) is 1. The molecule has 3 unspecified atom stereocenters. The molecule has 1 aliphatic heterocycles. The number of allylic oxidation sites excluding steroid dienone is 1. The van der Waals surface area contributed by atoms with Crippen LogP contribution >= 0.6 is 0 Å². The summed E-state index contributed by atoms with van der Waals surface area (Å²) in [5.74, 6) is 0. The second-order valence-electron chi connectivity index (χ2n) is 5.01. The monoisotopic (exact) mass is 221 g/mol. The van der Waals surface area contributed by atoms with Gasteiger partial charge in [-0.3, -0.25) is 0 Å². The first-order chi connectivity index (χ1) is 7.68. The lowest BCUT2D eigenvalue weighted by Crippen LogP contribution is -2.21. The Balaban J connectivity index is 1.87. The highest BCUT2D eigenvalue weighted by Gasteiger charge is 2.58. The first-order valence-corrected chi connectivity index (χ1v) is 6.12. The minimum atomic E-state index is -0.216. The fourth-order valence-electron chi connectivity index (χ4n) is 2.77. The van der Waals surface area contributed by atoms with Crippen LogP contribution in [0.5, 0.6) is 0 Å². The van der Waals surface area contributed by atoms with E-state index in [2.05, 4.69) is 6.07 Å². The largest absolute Gasteiger partial charge is 0.393 e. The molecule has 0 amide bonds. The van der Waals surface area contributed by atoms with Crippen molar-refractivity contribution in [1.82, 2.24) is 0 Å². The molecule has 0 aromatic heterocycles. The zero-order valence-corrected chi connectivity index (χ0v) is 9.78. The standard InChI is InChI=1S/C13H19NO2/c1-10(15)4-2-7-13-8-3-5-11(6-9-14)12(13)16-13/h6,10,12,15H,2-5,7-8H2,1H3/b11-6+. The number of nitrogens with zero attached hydrogens (tertiary/aromatic N) is 1. The van der Waals surface area contributed by atoms with Gasteiger partial charge in [0.05, 0.1) is 17.8 Å². The molecule has 88 valence electrons. The van der Waals surface area contributed by atoms with E-state index in [0.717, 1.165) is 38.5 Å². The molecule has 0 aromatic carbocycles. The normalized spacial score (nSPS) is 36.6. The van der Waals surface area contributed by atoms with Crippen LogP contribution in [-0.2, 0) is 4.74 Å². The smallest absolute Gasteiger partial charge is 0.109 e. The number of hydrogen-bond acceptors (Lipinski definition) is 3. The van der Waals surface area contributed by atoms with Crippen molar-refractivity contribution in [3.05, 3.63) is 11.6 Å². The van der Waals surface area contributed by atoms with Crippen LogP contribution in [0.2, 0.25) is 0 Å². The maximum absolute atomic E-state index is 9.22. The fourth-order valence-corrected chi connectivity index (χ4v) is 2.77. The predicted octanol–water partition coefficient (Wildman–Crippen LogP) is 2.31. The van der Waals surface area contributed by atoms with E-state index in [4.69, 9.17) is 10.00 Å². The van der Waals surface area contributed by atoms with Crippen molar-refractivity contribution in [3.63, 3.8) is 0 Å². The lowest BCUT2D eigenvalue weighted by Gasteiger charge is -2.18. The Bertz CT molecular complexity index is 329. The van der Waals surface area contributed by atoms with Crippen molar-refractivity contribution in [2.24, 2.45) is 0 Å². The number of fused-ring (bicyclic) bond motifs is 1. The summed E-state index contributed by atoms with van der Waals surface area (Å²) < 4.78 is 5.81. The molecule has 1 heterocycles. The highest BCUT2D eigenvalue weighted by molar-refractivity contribution is 5.30. The summed E-state index contributed by atoms with van der Waals surface area (Å²) in [6.45, 7) is 1.82. The Morgan fingerprint density at radius 1 is 1.75 bits per heavy atom. The van der Waals surface area contributed by atoms with E-state index in [1.165, 1.54) is 5.57 Å². The summed E-state index contributed by atoms with van der Waals surface area (Å²) in [5, 5.41) is 17.9. The van der Waals surface area contributed by atoms with Gasteiger partial charge in [-0.15, -0.1) is 0 Å². The molecule has 3 atom stereocenters. The third-order valence-corrected chi connectivity index (χ3v) is 3.65. The quantitative estimate of drug-likeness (QED) is 0.585. The van der Waals surface area contributed by atoms with Crippen LogP contribution < -0.4 is 0 Å². The average molecular weight is 221 g/mol. The highest BCUT2D eigenvalue weighted by Crippen LogP contribution is 2.53. The molecule has 1 N–H and O–H groups in total. The van der Waals surface area contributed by atoms with Crippen LogP contribution in [0, 0.1) is 11.3 Å². The summed E-state index contributed by atoms with van der Waals surface area (Å²) in [7, 11) is 0. The summed E-state index contributed by atoms with van der Waals surface area (Å²) >= 11 is 0. The van der Waals surface area contributed by atoms with Crippen LogP contribution in [0.3, 0.4) is 0 Å². The molecule has 0 bridgehead atoms. The number of nitriles is 1. The van der Waals surface area contributed by atoms with Crippen LogP contribution in [-0.4, -0.2) is 22.9 Å². The van der Waals surface area contributed by atoms with Gasteiger partial charge in [-0.1, -0.05) is 0 Å². The second kappa shape index (κ2) is 4.57. The van der Waals surface area contributed by atoms with Gasteiger partial charge in [0.1, 0.15) is 6.10 Å². The van der Waals surface area contributed by atoms with E-state index in [9.17, 15) is 5.11 Å². The molecule has 0 spiro atoms. The van der Waals surface area contributed by atoms with Gasteiger partial charge < -0.3 is 9.84 Å². The Morgan fingerprint density at radius 2 is 2.56 bits per heavy atom. The summed E-state index contributed by atoms with van der Waals surface area (Å²) in [6.07, 6.45) is 7.76. The number of epoxide rings is 1. The van der Waals surface area contributed by atoms with Gasteiger partial charge in [0.2, 0.25) is 0 Å².